The first-order valence-electron chi connectivity index (χ1n) is 11.6. The summed E-state index contributed by atoms with van der Waals surface area (Å²) in [5.74, 6) is -2.16. The third-order valence-corrected chi connectivity index (χ3v) is 6.38. The molecule has 41 heavy (non-hydrogen) atoms. The van der Waals surface area contributed by atoms with Crippen molar-refractivity contribution < 1.29 is 45.1 Å². The number of rotatable bonds is 9. The molecule has 0 heterocycles. The van der Waals surface area contributed by atoms with E-state index in [0.717, 1.165) is 36.4 Å². The summed E-state index contributed by atoms with van der Waals surface area (Å²) in [5.41, 5.74) is 0.388. The number of hydrogen-bond acceptors (Lipinski definition) is 6. The number of alkyl halides is 3. The van der Waals surface area contributed by atoms with E-state index in [4.69, 9.17) is 0 Å². The molecule has 3 rings (SSSR count). The van der Waals surface area contributed by atoms with Crippen LogP contribution < -0.4 is 30.7 Å². The fraction of sp³-hybridized carbons (Fsp3) is 0.160. The zero-order valence-corrected chi connectivity index (χ0v) is 22.0. The van der Waals surface area contributed by atoms with Crippen LogP contribution in [0.5, 0.6) is 5.75 Å². The average molecular weight is 598 g/mol. The Hall–Kier alpha value is -4.86. The second-order valence-corrected chi connectivity index (χ2v) is 9.96. The van der Waals surface area contributed by atoms with E-state index in [9.17, 15) is 40.4 Å². The highest BCUT2D eigenvalue weighted by Gasteiger charge is 2.31. The topological polar surface area (TPSA) is 155 Å². The normalized spacial score (nSPS) is 11.2. The van der Waals surface area contributed by atoms with Crippen molar-refractivity contribution in [3.05, 3.63) is 83.7 Å². The summed E-state index contributed by atoms with van der Waals surface area (Å²) in [4.78, 5) is 36.3. The molecule has 11 nitrogen and oxygen atoms in total. The Morgan fingerprint density at radius 2 is 1.54 bits per heavy atom. The molecular weight excluding hydrogens is 574 g/mol. The molecule has 0 unspecified atom stereocenters. The van der Waals surface area contributed by atoms with E-state index in [1.807, 2.05) is 4.72 Å². The van der Waals surface area contributed by atoms with Gasteiger partial charge in [-0.3, -0.25) is 4.79 Å². The number of nitrogens with one attached hydrogen (secondary N) is 5. The maximum atomic E-state index is 14.5. The Morgan fingerprint density at radius 1 is 0.854 bits per heavy atom. The largest absolute Gasteiger partial charge is 0.573 e. The third kappa shape index (κ3) is 9.68. The summed E-state index contributed by atoms with van der Waals surface area (Å²) in [6, 6.07) is 11.5. The van der Waals surface area contributed by atoms with E-state index in [2.05, 4.69) is 26.0 Å². The maximum Gasteiger partial charge on any atom is 0.573 e. The summed E-state index contributed by atoms with van der Waals surface area (Å²) >= 11 is 0. The fourth-order valence-corrected chi connectivity index (χ4v) is 4.27. The Bertz CT molecular complexity index is 1530. The van der Waals surface area contributed by atoms with Crippen molar-refractivity contribution in [2.75, 3.05) is 23.7 Å². The smallest absolute Gasteiger partial charge is 0.406 e. The number of sulfonamides is 1. The summed E-state index contributed by atoms with van der Waals surface area (Å²) < 4.78 is 81.2. The molecule has 0 aliphatic rings. The van der Waals surface area contributed by atoms with Crippen molar-refractivity contribution in [3.8, 4) is 5.75 Å². The number of amides is 5. The van der Waals surface area contributed by atoms with Crippen LogP contribution in [0, 0.1) is 12.7 Å². The number of ether oxygens (including phenoxy) is 1. The molecule has 5 N–H and O–H groups in total. The standard InChI is InChI=1S/C25H23F4N5O6S/c1-15-3-2-4-19(13-15)41(38,39)34-23(36)31-12-11-30-22(35)16-5-10-21(20(26)14-16)33-24(37)32-17-6-8-18(9-7-17)40-25(27,28)29/h2-10,13-14H,11-12H2,1H3,(H,30,35)(H2,31,34,36)(H2,32,33,37). The zero-order chi connectivity index (χ0) is 30.2. The van der Waals surface area contributed by atoms with E-state index in [1.165, 1.54) is 24.3 Å². The molecule has 3 aromatic carbocycles. The van der Waals surface area contributed by atoms with Gasteiger partial charge < -0.3 is 26.0 Å². The minimum absolute atomic E-state index is 0.0907. The van der Waals surface area contributed by atoms with Crippen molar-refractivity contribution in [3.63, 3.8) is 0 Å². The molecule has 218 valence electrons. The number of benzene rings is 3. The zero-order valence-electron chi connectivity index (χ0n) is 21.1. The Kier molecular flexibility index (Phi) is 9.72. The summed E-state index contributed by atoms with van der Waals surface area (Å²) in [7, 11) is -4.09. The molecule has 0 radical (unpaired) electrons. The molecule has 5 amide bonds. The minimum atomic E-state index is -4.87. The maximum absolute atomic E-state index is 14.5. The van der Waals surface area contributed by atoms with Crippen molar-refractivity contribution in [1.29, 1.82) is 0 Å². The summed E-state index contributed by atoms with van der Waals surface area (Å²) in [6.07, 6.45) is -4.87. The highest BCUT2D eigenvalue weighted by atomic mass is 32.2. The van der Waals surface area contributed by atoms with Crippen LogP contribution >= 0.6 is 0 Å². The van der Waals surface area contributed by atoms with Gasteiger partial charge in [0.1, 0.15) is 11.6 Å². The monoisotopic (exact) mass is 597 g/mol. The van der Waals surface area contributed by atoms with Gasteiger partial charge in [0, 0.05) is 24.3 Å². The lowest BCUT2D eigenvalue weighted by Crippen LogP contribution is -2.42. The molecule has 0 fully saturated rings. The molecule has 0 saturated carbocycles. The van der Waals surface area contributed by atoms with Gasteiger partial charge in [0.05, 0.1) is 10.6 Å². The third-order valence-electron chi connectivity index (χ3n) is 5.05. The van der Waals surface area contributed by atoms with Gasteiger partial charge in [-0.25, -0.2) is 27.1 Å². The average Bonchev–Trinajstić information content (AvgIpc) is 2.87. The first-order chi connectivity index (χ1) is 19.2. The number of carbonyl (C=O) groups excluding carboxylic acids is 3. The Balaban J connectivity index is 1.44. The van der Waals surface area contributed by atoms with Crippen molar-refractivity contribution in [2.45, 2.75) is 18.2 Å². The Morgan fingerprint density at radius 3 is 2.17 bits per heavy atom. The number of urea groups is 2. The van der Waals surface area contributed by atoms with E-state index in [0.29, 0.717) is 5.56 Å². The summed E-state index contributed by atoms with van der Waals surface area (Å²) in [6.45, 7) is 1.43. The van der Waals surface area contributed by atoms with Crippen LogP contribution in [0.3, 0.4) is 0 Å². The highest BCUT2D eigenvalue weighted by Crippen LogP contribution is 2.24. The second-order valence-electron chi connectivity index (χ2n) is 8.28. The number of aryl methyl sites for hydroxylation is 1. The quantitative estimate of drug-likeness (QED) is 0.185. The first kappa shape index (κ1) is 30.7. The number of halogens is 4. The number of anilines is 2. The minimum Gasteiger partial charge on any atom is -0.406 e. The van der Waals surface area contributed by atoms with Crippen LogP contribution in [0.1, 0.15) is 15.9 Å². The van der Waals surface area contributed by atoms with E-state index in [1.54, 1.807) is 13.0 Å². The summed E-state index contributed by atoms with van der Waals surface area (Å²) in [5, 5.41) is 9.20. The van der Waals surface area contributed by atoms with Crippen LogP contribution in [-0.2, 0) is 10.0 Å². The Labute approximate surface area is 231 Å². The van der Waals surface area contributed by atoms with E-state index < -0.39 is 45.9 Å². The SMILES string of the molecule is Cc1cccc(S(=O)(=O)NC(=O)NCCNC(=O)c2ccc(NC(=O)Nc3ccc(OC(F)(F)F)cc3)c(F)c2)c1. The van der Waals surface area contributed by atoms with Crippen LogP contribution in [0.4, 0.5) is 38.5 Å². The predicted molar refractivity (Wildman–Crippen MR) is 139 cm³/mol. The van der Waals surface area contributed by atoms with E-state index >= 15 is 0 Å². The molecule has 0 saturated heterocycles. The fourth-order valence-electron chi connectivity index (χ4n) is 3.24. The van der Waals surface area contributed by atoms with Gasteiger partial charge in [-0.1, -0.05) is 12.1 Å². The highest BCUT2D eigenvalue weighted by molar-refractivity contribution is 7.90. The van der Waals surface area contributed by atoms with Crippen LogP contribution in [0.15, 0.2) is 71.6 Å². The number of carbonyl (C=O) groups is 3. The molecule has 0 spiro atoms. The molecule has 0 atom stereocenters. The molecule has 0 aromatic heterocycles. The lowest BCUT2D eigenvalue weighted by molar-refractivity contribution is -0.274. The van der Waals surface area contributed by atoms with Gasteiger partial charge >= 0.3 is 18.4 Å². The van der Waals surface area contributed by atoms with Gasteiger partial charge in [0.25, 0.3) is 15.9 Å². The number of hydrogen-bond donors (Lipinski definition) is 5. The first-order valence-corrected chi connectivity index (χ1v) is 13.1. The van der Waals surface area contributed by atoms with Gasteiger partial charge in [-0.05, 0) is 67.1 Å². The molecule has 16 heteroatoms. The van der Waals surface area contributed by atoms with Crippen LogP contribution in [0.2, 0.25) is 0 Å². The van der Waals surface area contributed by atoms with Gasteiger partial charge in [0.2, 0.25) is 0 Å². The van der Waals surface area contributed by atoms with Crippen LogP contribution in [0.25, 0.3) is 0 Å². The van der Waals surface area contributed by atoms with Gasteiger partial charge in [-0.15, -0.1) is 13.2 Å². The predicted octanol–water partition coefficient (Wildman–Crippen LogP) is 4.09. The molecule has 0 aliphatic carbocycles. The van der Waals surface area contributed by atoms with Gasteiger partial charge in [0.15, 0.2) is 0 Å². The van der Waals surface area contributed by atoms with Crippen molar-refractivity contribution in [2.24, 2.45) is 0 Å². The van der Waals surface area contributed by atoms with E-state index in [-0.39, 0.29) is 34.9 Å². The lowest BCUT2D eigenvalue weighted by atomic mass is 10.2. The van der Waals surface area contributed by atoms with Crippen LogP contribution in [-0.4, -0.2) is 45.8 Å². The second kappa shape index (κ2) is 13.0. The van der Waals surface area contributed by atoms with Crippen molar-refractivity contribution in [1.82, 2.24) is 15.4 Å². The van der Waals surface area contributed by atoms with Gasteiger partial charge in [-0.2, -0.15) is 0 Å². The van der Waals surface area contributed by atoms with Crippen molar-refractivity contribution >= 4 is 39.4 Å². The molecule has 3 aromatic rings. The molecule has 0 bridgehead atoms. The molecule has 0 aliphatic heterocycles. The molecular formula is C25H23F4N5O6S. The lowest BCUT2D eigenvalue weighted by Gasteiger charge is -2.12.